The third-order valence-corrected chi connectivity index (χ3v) is 5.60. The molecule has 0 spiro atoms. The summed E-state index contributed by atoms with van der Waals surface area (Å²) in [4.78, 5) is 25.7. The van der Waals surface area contributed by atoms with E-state index in [1.807, 2.05) is 48.0 Å². The van der Waals surface area contributed by atoms with E-state index in [-0.39, 0.29) is 24.2 Å². The van der Waals surface area contributed by atoms with Crippen molar-refractivity contribution < 1.29 is 14.3 Å². The highest BCUT2D eigenvalue weighted by Crippen LogP contribution is 2.24. The van der Waals surface area contributed by atoms with Gasteiger partial charge in [-0.15, -0.1) is 34.9 Å². The lowest BCUT2D eigenvalue weighted by molar-refractivity contribution is -0.144. The minimum Gasteiger partial charge on any atom is -0.455 e. The predicted molar refractivity (Wildman–Crippen MR) is 98.3 cm³/mol. The smallest absolute Gasteiger partial charge is 0.316 e. The lowest BCUT2D eigenvalue weighted by Gasteiger charge is -2.09. The first-order valence-electron chi connectivity index (χ1n) is 6.87. The van der Waals surface area contributed by atoms with E-state index in [4.69, 9.17) is 4.74 Å². The van der Waals surface area contributed by atoms with E-state index in [1.165, 1.54) is 16.6 Å². The van der Waals surface area contributed by atoms with Crippen molar-refractivity contribution in [3.63, 3.8) is 0 Å². The molecule has 2 aromatic rings. The van der Waals surface area contributed by atoms with Gasteiger partial charge in [-0.1, -0.05) is 18.2 Å². The van der Waals surface area contributed by atoms with Crippen molar-refractivity contribution in [1.82, 2.24) is 0 Å². The predicted octanol–water partition coefficient (Wildman–Crippen LogP) is 3.89. The van der Waals surface area contributed by atoms with Crippen molar-refractivity contribution in [2.75, 3.05) is 23.9 Å². The summed E-state index contributed by atoms with van der Waals surface area (Å²) in [5.41, 5.74) is 0.730. The monoisotopic (exact) mass is 367 g/mol. The third kappa shape index (κ3) is 6.29. The maximum atomic E-state index is 11.8. The largest absolute Gasteiger partial charge is 0.455 e. The van der Waals surface area contributed by atoms with Crippen LogP contribution in [0, 0.1) is 0 Å². The molecule has 1 amide bonds. The van der Waals surface area contributed by atoms with E-state index < -0.39 is 0 Å². The Morgan fingerprint density at radius 2 is 2.04 bits per heavy atom. The number of benzene rings is 1. The topological polar surface area (TPSA) is 55.4 Å². The molecule has 0 bridgehead atoms. The fourth-order valence-corrected chi connectivity index (χ4v) is 3.97. The first-order valence-corrected chi connectivity index (χ1v) is 10.1. The highest BCUT2D eigenvalue weighted by Gasteiger charge is 2.10. The molecule has 2 rings (SSSR count). The number of hydrogen-bond acceptors (Lipinski definition) is 6. The van der Waals surface area contributed by atoms with Crippen molar-refractivity contribution in [1.29, 1.82) is 0 Å². The Morgan fingerprint density at radius 1 is 1.22 bits per heavy atom. The number of thiophene rings is 1. The molecule has 0 aliphatic rings. The molecule has 1 N–H and O–H groups in total. The number of ether oxygens (including phenoxy) is 1. The minimum absolute atomic E-state index is 0.243. The molecule has 122 valence electrons. The lowest BCUT2D eigenvalue weighted by Crippen LogP contribution is -2.21. The molecule has 0 saturated carbocycles. The van der Waals surface area contributed by atoms with Crippen LogP contribution in [0.3, 0.4) is 0 Å². The van der Waals surface area contributed by atoms with Crippen LogP contribution in [0.25, 0.3) is 0 Å². The quantitative estimate of drug-likeness (QED) is 0.567. The number of amides is 1. The summed E-state index contributed by atoms with van der Waals surface area (Å²) in [6.45, 7) is -0.263. The molecular weight excluding hydrogens is 350 g/mol. The van der Waals surface area contributed by atoms with Gasteiger partial charge in [0.2, 0.25) is 0 Å². The third-order valence-electron chi connectivity index (χ3n) is 2.79. The molecular formula is C16H17NO3S3. The zero-order valence-corrected chi connectivity index (χ0v) is 15.1. The van der Waals surface area contributed by atoms with E-state index in [0.29, 0.717) is 0 Å². The summed E-state index contributed by atoms with van der Waals surface area (Å²) in [7, 11) is 0. The fourth-order valence-electron chi connectivity index (χ4n) is 1.75. The molecule has 0 aliphatic carbocycles. The molecule has 0 aliphatic heterocycles. The number of carbonyl (C=O) groups excluding carboxylic acids is 2. The minimum atomic E-state index is -0.375. The Bertz CT molecular complexity index is 644. The number of hydrogen-bond donors (Lipinski definition) is 1. The Kier molecular flexibility index (Phi) is 7.51. The van der Waals surface area contributed by atoms with Crippen LogP contribution in [-0.2, 0) is 20.1 Å². The maximum Gasteiger partial charge on any atom is 0.316 e. The number of para-hydroxylation sites is 1. The van der Waals surface area contributed by atoms with Crippen LogP contribution in [0.1, 0.15) is 4.88 Å². The van der Waals surface area contributed by atoms with Crippen LogP contribution in [0.4, 0.5) is 5.69 Å². The van der Waals surface area contributed by atoms with Crippen molar-refractivity contribution >= 4 is 52.4 Å². The molecule has 4 nitrogen and oxygen atoms in total. The van der Waals surface area contributed by atoms with Gasteiger partial charge in [0.1, 0.15) is 0 Å². The Balaban J connectivity index is 1.68. The highest BCUT2D eigenvalue weighted by atomic mass is 32.2. The zero-order valence-electron chi connectivity index (χ0n) is 12.6. The first kappa shape index (κ1) is 17.9. The fraction of sp³-hybridized carbons (Fsp3) is 0.250. The molecule has 7 heteroatoms. The van der Waals surface area contributed by atoms with Crippen molar-refractivity contribution in [2.45, 2.75) is 10.6 Å². The van der Waals surface area contributed by atoms with Crippen LogP contribution in [0.2, 0.25) is 0 Å². The van der Waals surface area contributed by atoms with E-state index in [1.54, 1.807) is 23.1 Å². The van der Waals surface area contributed by atoms with Crippen LogP contribution < -0.4 is 5.32 Å². The van der Waals surface area contributed by atoms with Gasteiger partial charge in [-0.25, -0.2) is 0 Å². The van der Waals surface area contributed by atoms with Gasteiger partial charge >= 0.3 is 5.97 Å². The SMILES string of the molecule is CSc1ccccc1NC(=O)COC(=O)CSCc1cccs1. The van der Waals surface area contributed by atoms with Crippen molar-refractivity contribution in [3.8, 4) is 0 Å². The summed E-state index contributed by atoms with van der Waals surface area (Å²) in [5.74, 6) is 0.315. The van der Waals surface area contributed by atoms with E-state index in [9.17, 15) is 9.59 Å². The summed E-state index contributed by atoms with van der Waals surface area (Å²) < 4.78 is 4.99. The summed E-state index contributed by atoms with van der Waals surface area (Å²) in [6, 6.07) is 11.5. The maximum absolute atomic E-state index is 11.8. The normalized spacial score (nSPS) is 10.3. The van der Waals surface area contributed by atoms with Gasteiger partial charge in [0, 0.05) is 15.5 Å². The molecule has 1 heterocycles. The number of rotatable bonds is 8. The first-order chi connectivity index (χ1) is 11.2. The lowest BCUT2D eigenvalue weighted by atomic mass is 10.3. The van der Waals surface area contributed by atoms with Gasteiger partial charge in [-0.3, -0.25) is 9.59 Å². The molecule has 0 radical (unpaired) electrons. The van der Waals surface area contributed by atoms with Crippen LogP contribution in [-0.4, -0.2) is 30.5 Å². The molecule has 1 aromatic heterocycles. The van der Waals surface area contributed by atoms with Gasteiger partial charge in [0.15, 0.2) is 6.61 Å². The van der Waals surface area contributed by atoms with Crippen LogP contribution in [0.5, 0.6) is 0 Å². The standard InChI is InChI=1S/C16H17NO3S3/c1-21-14-7-3-2-6-13(14)17-15(18)9-20-16(19)11-22-10-12-5-4-8-23-12/h2-8H,9-11H2,1H3,(H,17,18). The molecule has 1 aromatic carbocycles. The van der Waals surface area contributed by atoms with Gasteiger partial charge < -0.3 is 10.1 Å². The summed E-state index contributed by atoms with van der Waals surface area (Å²) >= 11 is 4.69. The second kappa shape index (κ2) is 9.64. The van der Waals surface area contributed by atoms with Gasteiger partial charge in [-0.05, 0) is 29.8 Å². The second-order valence-corrected chi connectivity index (χ2v) is 7.35. The highest BCUT2D eigenvalue weighted by molar-refractivity contribution is 7.99. The Hall–Kier alpha value is -1.44. The molecule has 23 heavy (non-hydrogen) atoms. The second-order valence-electron chi connectivity index (χ2n) is 4.48. The van der Waals surface area contributed by atoms with Gasteiger partial charge in [0.05, 0.1) is 11.4 Å². The van der Waals surface area contributed by atoms with Crippen molar-refractivity contribution in [3.05, 3.63) is 46.7 Å². The average molecular weight is 368 g/mol. The molecule has 0 saturated heterocycles. The summed E-state index contributed by atoms with van der Waals surface area (Å²) in [5, 5.41) is 4.76. The van der Waals surface area contributed by atoms with E-state index >= 15 is 0 Å². The van der Waals surface area contributed by atoms with Gasteiger partial charge in [-0.2, -0.15) is 0 Å². The number of esters is 1. The number of anilines is 1. The zero-order chi connectivity index (χ0) is 16.5. The molecule has 0 atom stereocenters. The van der Waals surface area contributed by atoms with Gasteiger partial charge in [0.25, 0.3) is 5.91 Å². The summed E-state index contributed by atoms with van der Waals surface area (Å²) in [6.07, 6.45) is 1.94. The molecule has 0 fully saturated rings. The average Bonchev–Trinajstić information content (AvgIpc) is 3.07. The number of carbonyl (C=O) groups is 2. The van der Waals surface area contributed by atoms with E-state index in [0.717, 1.165) is 16.3 Å². The van der Waals surface area contributed by atoms with E-state index in [2.05, 4.69) is 5.32 Å². The van der Waals surface area contributed by atoms with Crippen LogP contribution >= 0.6 is 34.9 Å². The number of thioether (sulfide) groups is 2. The number of nitrogens with one attached hydrogen (secondary N) is 1. The van der Waals surface area contributed by atoms with Crippen LogP contribution in [0.15, 0.2) is 46.7 Å². The Labute approximate surface area is 148 Å². The molecule has 0 unspecified atom stereocenters. The Morgan fingerprint density at radius 3 is 2.78 bits per heavy atom. The van der Waals surface area contributed by atoms with Crippen molar-refractivity contribution in [2.24, 2.45) is 0 Å².